The second-order valence-corrected chi connectivity index (χ2v) is 6.33. The summed E-state index contributed by atoms with van der Waals surface area (Å²) in [6, 6.07) is 2.27. The molecule has 4 rings (SSSR count). The van der Waals surface area contributed by atoms with Crippen molar-refractivity contribution in [3.8, 4) is 0 Å². The Labute approximate surface area is 130 Å². The van der Waals surface area contributed by atoms with E-state index in [1.807, 2.05) is 0 Å². The van der Waals surface area contributed by atoms with Crippen LogP contribution in [0.25, 0.3) is 0 Å². The van der Waals surface area contributed by atoms with Crippen molar-refractivity contribution in [2.24, 2.45) is 0 Å². The molecule has 2 N–H and O–H groups in total. The molecule has 1 aliphatic carbocycles. The number of hydrogen-bond acceptors (Lipinski definition) is 5. The van der Waals surface area contributed by atoms with Crippen LogP contribution in [0.5, 0.6) is 0 Å². The lowest BCUT2D eigenvalue weighted by Crippen LogP contribution is -2.23. The van der Waals surface area contributed by atoms with Crippen molar-refractivity contribution in [3.05, 3.63) is 35.8 Å². The second-order valence-electron chi connectivity index (χ2n) is 6.33. The van der Waals surface area contributed by atoms with Crippen LogP contribution in [0.15, 0.2) is 18.6 Å². The highest BCUT2D eigenvalue weighted by atomic mass is 15.2. The van der Waals surface area contributed by atoms with Crippen LogP contribution >= 0.6 is 0 Å². The van der Waals surface area contributed by atoms with Gasteiger partial charge in [0.2, 0.25) is 0 Å². The molecule has 6 heteroatoms. The lowest BCUT2D eigenvalue weighted by Gasteiger charge is -2.20. The Morgan fingerprint density at radius 2 is 2.14 bits per heavy atom. The van der Waals surface area contributed by atoms with Gasteiger partial charge in [-0.2, -0.15) is 0 Å². The van der Waals surface area contributed by atoms with E-state index in [2.05, 4.69) is 30.7 Å². The number of likely N-dealkylation sites (tertiary alicyclic amines) is 1. The van der Waals surface area contributed by atoms with E-state index in [1.165, 1.54) is 37.1 Å². The predicted molar refractivity (Wildman–Crippen MR) is 84.2 cm³/mol. The lowest BCUT2D eigenvalue weighted by atomic mass is 10.0. The Balaban J connectivity index is 1.45. The number of aryl methyl sites for hydroxylation is 1. The van der Waals surface area contributed by atoms with Crippen LogP contribution in [-0.2, 0) is 19.4 Å². The molecule has 1 fully saturated rings. The number of anilines is 1. The number of rotatable bonds is 3. The van der Waals surface area contributed by atoms with E-state index >= 15 is 0 Å². The highest BCUT2D eigenvalue weighted by molar-refractivity contribution is 5.25. The number of nitrogen functional groups attached to an aromatic ring is 1. The van der Waals surface area contributed by atoms with Gasteiger partial charge in [-0.25, -0.2) is 15.0 Å². The van der Waals surface area contributed by atoms with Gasteiger partial charge in [0.05, 0.1) is 18.6 Å². The third-order valence-corrected chi connectivity index (χ3v) is 4.79. The maximum atomic E-state index is 5.73. The molecular formula is C16H22N6. The highest BCUT2D eigenvalue weighted by Gasteiger charge is 2.27. The summed E-state index contributed by atoms with van der Waals surface area (Å²) < 4.78 is 2.43. The van der Waals surface area contributed by atoms with Crippen molar-refractivity contribution in [1.29, 1.82) is 0 Å². The Hall–Kier alpha value is -1.95. The molecule has 2 aromatic rings. The summed E-state index contributed by atoms with van der Waals surface area (Å²) in [5.41, 5.74) is 8.53. The molecule has 0 amide bonds. The first kappa shape index (κ1) is 13.7. The second kappa shape index (κ2) is 5.68. The van der Waals surface area contributed by atoms with Gasteiger partial charge >= 0.3 is 0 Å². The maximum Gasteiger partial charge on any atom is 0.144 e. The number of nitrogens with two attached hydrogens (primary N) is 1. The van der Waals surface area contributed by atoms with Gasteiger partial charge in [-0.05, 0) is 38.2 Å². The fourth-order valence-corrected chi connectivity index (χ4v) is 3.68. The average Bonchev–Trinajstić information content (AvgIpc) is 3.13. The summed E-state index contributed by atoms with van der Waals surface area (Å²) in [7, 11) is 0. The molecule has 1 aliphatic heterocycles. The molecule has 116 valence electrons. The minimum Gasteiger partial charge on any atom is -0.384 e. The van der Waals surface area contributed by atoms with Gasteiger partial charge in [-0.3, -0.25) is 4.90 Å². The van der Waals surface area contributed by atoms with Gasteiger partial charge in [-0.15, -0.1) is 0 Å². The van der Waals surface area contributed by atoms with Crippen LogP contribution in [0, 0.1) is 0 Å². The third-order valence-electron chi connectivity index (χ3n) is 4.79. The third kappa shape index (κ3) is 2.59. The molecule has 0 unspecified atom stereocenters. The molecule has 6 nitrogen and oxygen atoms in total. The summed E-state index contributed by atoms with van der Waals surface area (Å²) >= 11 is 0. The van der Waals surface area contributed by atoms with Crippen LogP contribution in [-0.4, -0.2) is 37.5 Å². The van der Waals surface area contributed by atoms with Crippen LogP contribution in [0.1, 0.15) is 42.5 Å². The molecule has 0 radical (unpaired) electrons. The fourth-order valence-electron chi connectivity index (χ4n) is 3.68. The normalized spacial score (nSPS) is 21.9. The van der Waals surface area contributed by atoms with Gasteiger partial charge in [-0.1, -0.05) is 0 Å². The number of aromatic nitrogens is 4. The van der Waals surface area contributed by atoms with Gasteiger partial charge in [0.1, 0.15) is 11.6 Å². The monoisotopic (exact) mass is 298 g/mol. The smallest absolute Gasteiger partial charge is 0.144 e. The van der Waals surface area contributed by atoms with Gasteiger partial charge in [0, 0.05) is 31.0 Å². The van der Waals surface area contributed by atoms with Crippen LogP contribution in [0.3, 0.4) is 0 Å². The first-order valence-corrected chi connectivity index (χ1v) is 8.14. The average molecular weight is 298 g/mol. The zero-order chi connectivity index (χ0) is 14.9. The molecule has 22 heavy (non-hydrogen) atoms. The molecule has 0 spiro atoms. The SMILES string of the molecule is Nc1ccnc(CN2CC[C@@H](n3cnc4c3CCCC4)C2)n1. The summed E-state index contributed by atoms with van der Waals surface area (Å²) in [6.07, 6.45) is 9.88. The highest BCUT2D eigenvalue weighted by Crippen LogP contribution is 2.28. The number of nitrogens with zero attached hydrogens (tertiary/aromatic N) is 5. The minimum atomic E-state index is 0.537. The van der Waals surface area contributed by atoms with E-state index in [4.69, 9.17) is 5.73 Å². The van der Waals surface area contributed by atoms with E-state index in [9.17, 15) is 0 Å². The fraction of sp³-hybridized carbons (Fsp3) is 0.562. The summed E-state index contributed by atoms with van der Waals surface area (Å²) in [6.45, 7) is 2.90. The molecule has 2 aliphatic rings. The van der Waals surface area contributed by atoms with Crippen molar-refractivity contribution in [3.63, 3.8) is 0 Å². The predicted octanol–water partition coefficient (Wildman–Crippen LogP) is 1.58. The summed E-state index contributed by atoms with van der Waals surface area (Å²) in [5, 5.41) is 0. The molecular weight excluding hydrogens is 276 g/mol. The first-order valence-electron chi connectivity index (χ1n) is 8.14. The van der Waals surface area contributed by atoms with Crippen LogP contribution in [0.4, 0.5) is 5.82 Å². The van der Waals surface area contributed by atoms with Gasteiger partial charge < -0.3 is 10.3 Å². The Morgan fingerprint density at radius 1 is 1.23 bits per heavy atom. The van der Waals surface area contributed by atoms with E-state index < -0.39 is 0 Å². The van der Waals surface area contributed by atoms with Crippen molar-refractivity contribution in [2.75, 3.05) is 18.8 Å². The topological polar surface area (TPSA) is 72.9 Å². The standard InChI is InChI=1S/C16H22N6/c17-15-5-7-18-16(20-15)10-21-8-6-12(9-21)22-11-19-13-3-1-2-4-14(13)22/h5,7,11-12H,1-4,6,8-10H2,(H2,17,18,20)/t12-/m1/s1. The molecule has 3 heterocycles. The van der Waals surface area contributed by atoms with Crippen LogP contribution < -0.4 is 5.73 Å². The molecule has 1 atom stereocenters. The zero-order valence-corrected chi connectivity index (χ0v) is 12.8. The quantitative estimate of drug-likeness (QED) is 0.931. The molecule has 2 aromatic heterocycles. The largest absolute Gasteiger partial charge is 0.384 e. The van der Waals surface area contributed by atoms with Crippen molar-refractivity contribution >= 4 is 5.82 Å². The van der Waals surface area contributed by atoms with Gasteiger partial charge in [0.15, 0.2) is 0 Å². The van der Waals surface area contributed by atoms with E-state index in [0.29, 0.717) is 11.9 Å². The summed E-state index contributed by atoms with van der Waals surface area (Å²) in [4.78, 5) is 15.6. The molecule has 1 saturated heterocycles. The lowest BCUT2D eigenvalue weighted by molar-refractivity contribution is 0.307. The number of imidazole rings is 1. The molecule has 0 saturated carbocycles. The van der Waals surface area contributed by atoms with Crippen molar-refractivity contribution in [2.45, 2.75) is 44.7 Å². The number of fused-ring (bicyclic) bond motifs is 1. The number of hydrogen-bond donors (Lipinski definition) is 1. The first-order chi connectivity index (χ1) is 10.8. The Morgan fingerprint density at radius 3 is 3.05 bits per heavy atom. The van der Waals surface area contributed by atoms with Crippen molar-refractivity contribution < 1.29 is 0 Å². The molecule has 0 bridgehead atoms. The van der Waals surface area contributed by atoms with Gasteiger partial charge in [0.25, 0.3) is 0 Å². The summed E-state index contributed by atoms with van der Waals surface area (Å²) in [5.74, 6) is 1.36. The van der Waals surface area contributed by atoms with E-state index in [-0.39, 0.29) is 0 Å². The van der Waals surface area contributed by atoms with Crippen molar-refractivity contribution in [1.82, 2.24) is 24.4 Å². The molecule has 0 aromatic carbocycles. The van der Waals surface area contributed by atoms with Crippen LogP contribution in [0.2, 0.25) is 0 Å². The Kier molecular flexibility index (Phi) is 3.54. The van der Waals surface area contributed by atoms with E-state index in [0.717, 1.165) is 31.9 Å². The Bertz CT molecular complexity index is 664. The zero-order valence-electron chi connectivity index (χ0n) is 12.8. The van der Waals surface area contributed by atoms with E-state index in [1.54, 1.807) is 12.3 Å². The maximum absolute atomic E-state index is 5.73. The minimum absolute atomic E-state index is 0.537.